The van der Waals surface area contributed by atoms with E-state index >= 15 is 0 Å². The zero-order valence-corrected chi connectivity index (χ0v) is 11.5. The lowest BCUT2D eigenvalue weighted by Crippen LogP contribution is -2.51. The minimum Gasteiger partial charge on any atom is -0.481 e. The van der Waals surface area contributed by atoms with Crippen molar-refractivity contribution in [3.05, 3.63) is 27.5 Å². The van der Waals surface area contributed by atoms with Crippen LogP contribution in [0.3, 0.4) is 0 Å². The van der Waals surface area contributed by atoms with E-state index in [1.165, 1.54) is 6.20 Å². The van der Waals surface area contributed by atoms with Gasteiger partial charge in [-0.3, -0.25) is 4.79 Å². The van der Waals surface area contributed by atoms with Gasteiger partial charge in [0.2, 0.25) is 0 Å². The van der Waals surface area contributed by atoms with Crippen molar-refractivity contribution < 1.29 is 14.6 Å². The summed E-state index contributed by atoms with van der Waals surface area (Å²) < 4.78 is 5.75. The number of rotatable bonds is 3. The second-order valence-electron chi connectivity index (χ2n) is 4.15. The van der Waals surface area contributed by atoms with Crippen molar-refractivity contribution >= 4 is 33.5 Å². The molecule has 6 heteroatoms. The van der Waals surface area contributed by atoms with E-state index in [2.05, 4.69) is 20.9 Å². The number of aliphatic carboxylic acids is 1. The van der Waals surface area contributed by atoms with Crippen LogP contribution in [0.25, 0.3) is 0 Å². The number of methoxy groups -OCH3 is 1. The first-order chi connectivity index (χ1) is 7.99. The minimum atomic E-state index is -0.888. The Hall–Kier alpha value is -0.650. The summed E-state index contributed by atoms with van der Waals surface area (Å²) in [6.07, 6.45) is 2.46. The van der Waals surface area contributed by atoms with Gasteiger partial charge < -0.3 is 9.84 Å². The molecule has 1 heterocycles. The van der Waals surface area contributed by atoms with Gasteiger partial charge in [0.25, 0.3) is 0 Å². The van der Waals surface area contributed by atoms with E-state index in [1.807, 2.05) is 0 Å². The highest BCUT2D eigenvalue weighted by atomic mass is 79.9. The average Bonchev–Trinajstić information content (AvgIpc) is 2.21. The number of aromatic nitrogens is 1. The van der Waals surface area contributed by atoms with Crippen molar-refractivity contribution in [1.29, 1.82) is 0 Å². The Balaban J connectivity index is 2.35. The monoisotopic (exact) mass is 319 g/mol. The predicted octanol–water partition coefficient (Wildman–Crippen LogP) is 2.63. The molecule has 2 rings (SSSR count). The Labute approximate surface area is 112 Å². The maximum absolute atomic E-state index is 11.4. The van der Waals surface area contributed by atoms with E-state index in [1.54, 1.807) is 13.2 Å². The smallest absolute Gasteiger partial charge is 0.314 e. The van der Waals surface area contributed by atoms with Crippen LogP contribution >= 0.6 is 27.5 Å². The number of pyridine rings is 1. The van der Waals surface area contributed by atoms with Gasteiger partial charge in [0.15, 0.2) is 0 Å². The molecule has 0 spiro atoms. The Bertz CT molecular complexity index is 460. The Morgan fingerprint density at radius 1 is 1.71 bits per heavy atom. The summed E-state index contributed by atoms with van der Waals surface area (Å²) in [4.78, 5) is 15.4. The molecule has 1 aliphatic rings. The minimum absolute atomic E-state index is 0.000513. The van der Waals surface area contributed by atoms with E-state index in [4.69, 9.17) is 16.3 Å². The molecule has 92 valence electrons. The lowest BCUT2D eigenvalue weighted by molar-refractivity contribution is -0.154. The summed E-state index contributed by atoms with van der Waals surface area (Å²) in [5.41, 5.74) is -0.226. The van der Waals surface area contributed by atoms with Crippen LogP contribution in [0.2, 0.25) is 5.15 Å². The third kappa shape index (κ3) is 2.07. The normalized spacial score (nSPS) is 27.6. The van der Waals surface area contributed by atoms with E-state index in [-0.39, 0.29) is 6.10 Å². The van der Waals surface area contributed by atoms with Crippen molar-refractivity contribution in [2.75, 3.05) is 7.11 Å². The number of nitrogens with zero attached hydrogens (tertiary/aromatic N) is 1. The molecule has 1 N–H and O–H groups in total. The molecule has 1 aromatic heterocycles. The van der Waals surface area contributed by atoms with Crippen molar-refractivity contribution in [2.45, 2.75) is 24.4 Å². The highest BCUT2D eigenvalue weighted by molar-refractivity contribution is 9.10. The van der Waals surface area contributed by atoms with Gasteiger partial charge in [-0.15, -0.1) is 0 Å². The van der Waals surface area contributed by atoms with Crippen LogP contribution in [0, 0.1) is 0 Å². The third-order valence-corrected chi connectivity index (χ3v) is 4.38. The first kappa shape index (κ1) is 12.8. The van der Waals surface area contributed by atoms with Crippen molar-refractivity contribution in [1.82, 2.24) is 4.98 Å². The highest BCUT2D eigenvalue weighted by Crippen LogP contribution is 2.46. The Morgan fingerprint density at radius 2 is 2.35 bits per heavy atom. The molecule has 1 aliphatic carbocycles. The first-order valence-corrected chi connectivity index (χ1v) is 6.24. The summed E-state index contributed by atoms with van der Waals surface area (Å²) in [5.74, 6) is -0.846. The lowest BCUT2D eigenvalue weighted by atomic mass is 9.63. The molecular formula is C11H11BrClNO3. The summed E-state index contributed by atoms with van der Waals surface area (Å²) >= 11 is 9.05. The molecule has 1 saturated carbocycles. The molecule has 0 atom stereocenters. The van der Waals surface area contributed by atoms with Crippen LogP contribution in [0.15, 0.2) is 16.7 Å². The van der Waals surface area contributed by atoms with E-state index in [9.17, 15) is 9.90 Å². The van der Waals surface area contributed by atoms with Gasteiger partial charge in [-0.1, -0.05) is 11.6 Å². The Kier molecular flexibility index (Phi) is 3.43. The molecule has 17 heavy (non-hydrogen) atoms. The van der Waals surface area contributed by atoms with Crippen LogP contribution < -0.4 is 0 Å². The number of carboxylic acid groups (broad SMARTS) is 1. The van der Waals surface area contributed by atoms with Crippen molar-refractivity contribution in [3.63, 3.8) is 0 Å². The van der Waals surface area contributed by atoms with E-state index in [0.29, 0.717) is 28.0 Å². The summed E-state index contributed by atoms with van der Waals surface area (Å²) in [7, 11) is 1.59. The van der Waals surface area contributed by atoms with Crippen LogP contribution in [-0.2, 0) is 14.9 Å². The van der Waals surface area contributed by atoms with E-state index < -0.39 is 11.4 Å². The Morgan fingerprint density at radius 3 is 2.82 bits per heavy atom. The molecule has 1 fully saturated rings. The van der Waals surface area contributed by atoms with Crippen molar-refractivity contribution in [3.8, 4) is 0 Å². The number of carbonyl (C=O) groups is 1. The molecule has 0 radical (unpaired) electrons. The van der Waals surface area contributed by atoms with Gasteiger partial charge in [0.1, 0.15) is 5.15 Å². The number of ether oxygens (including phenoxy) is 1. The first-order valence-electron chi connectivity index (χ1n) is 5.07. The van der Waals surface area contributed by atoms with E-state index in [0.717, 1.165) is 0 Å². The SMILES string of the molecule is COC1CC(C(=O)O)(c2cnc(Cl)c(Br)c2)C1. The number of halogens is 2. The maximum Gasteiger partial charge on any atom is 0.314 e. The molecule has 0 saturated heterocycles. The molecule has 0 amide bonds. The van der Waals surface area contributed by atoms with Gasteiger partial charge in [-0.2, -0.15) is 0 Å². The molecule has 0 bridgehead atoms. The third-order valence-electron chi connectivity index (χ3n) is 3.24. The number of hydrogen-bond donors (Lipinski definition) is 1. The van der Waals surface area contributed by atoms with Crippen LogP contribution in [0.1, 0.15) is 18.4 Å². The van der Waals surface area contributed by atoms with Gasteiger partial charge >= 0.3 is 5.97 Å². The highest BCUT2D eigenvalue weighted by Gasteiger charge is 2.52. The van der Waals surface area contributed by atoms with Crippen LogP contribution in [0.5, 0.6) is 0 Å². The summed E-state index contributed by atoms with van der Waals surface area (Å²) in [6.45, 7) is 0. The van der Waals surface area contributed by atoms with Crippen LogP contribution in [-0.4, -0.2) is 29.3 Å². The summed E-state index contributed by atoms with van der Waals surface area (Å²) in [6, 6.07) is 1.72. The zero-order chi connectivity index (χ0) is 12.6. The topological polar surface area (TPSA) is 59.4 Å². The maximum atomic E-state index is 11.4. The number of carboxylic acids is 1. The molecular weight excluding hydrogens is 309 g/mol. The van der Waals surface area contributed by atoms with Gasteiger partial charge in [-0.25, -0.2) is 4.98 Å². The zero-order valence-electron chi connectivity index (χ0n) is 9.11. The molecule has 0 aliphatic heterocycles. The predicted molar refractivity (Wildman–Crippen MR) is 66.3 cm³/mol. The lowest BCUT2D eigenvalue weighted by Gasteiger charge is -2.43. The quantitative estimate of drug-likeness (QED) is 0.870. The van der Waals surface area contributed by atoms with Crippen molar-refractivity contribution in [2.24, 2.45) is 0 Å². The molecule has 1 aromatic rings. The fourth-order valence-corrected chi connectivity index (χ4v) is 2.55. The fraction of sp³-hybridized carbons (Fsp3) is 0.455. The van der Waals surface area contributed by atoms with Crippen LogP contribution in [0.4, 0.5) is 0 Å². The molecule has 0 unspecified atom stereocenters. The number of hydrogen-bond acceptors (Lipinski definition) is 3. The second-order valence-corrected chi connectivity index (χ2v) is 5.36. The van der Waals surface area contributed by atoms with Gasteiger partial charge in [0.05, 0.1) is 16.0 Å². The van der Waals surface area contributed by atoms with Gasteiger partial charge in [-0.05, 0) is 40.4 Å². The summed E-state index contributed by atoms with van der Waals surface area (Å²) in [5, 5.41) is 9.71. The fourth-order valence-electron chi connectivity index (χ4n) is 2.10. The standard InChI is InChI=1S/C11H11BrClNO3/c1-17-7-3-11(4-7,10(15)16)6-2-8(12)9(13)14-5-6/h2,5,7H,3-4H2,1H3,(H,15,16). The van der Waals surface area contributed by atoms with Gasteiger partial charge in [0, 0.05) is 13.3 Å². The molecule has 4 nitrogen and oxygen atoms in total. The average molecular weight is 321 g/mol. The largest absolute Gasteiger partial charge is 0.481 e. The molecule has 0 aromatic carbocycles. The second kappa shape index (κ2) is 4.55.